The zero-order valence-corrected chi connectivity index (χ0v) is 15.8. The van der Waals surface area contributed by atoms with Crippen molar-refractivity contribution in [3.05, 3.63) is 51.4 Å². The summed E-state index contributed by atoms with van der Waals surface area (Å²) >= 11 is 7.44. The molecule has 0 spiro atoms. The van der Waals surface area contributed by atoms with Gasteiger partial charge >= 0.3 is 0 Å². The predicted molar refractivity (Wildman–Crippen MR) is 102 cm³/mol. The van der Waals surface area contributed by atoms with Gasteiger partial charge in [-0.15, -0.1) is 11.3 Å². The third-order valence-electron chi connectivity index (χ3n) is 2.96. The van der Waals surface area contributed by atoms with Crippen LogP contribution in [0.15, 0.2) is 34.6 Å². The molecule has 23 heavy (non-hydrogen) atoms. The first kappa shape index (κ1) is 19.4. The number of halogens is 1. The lowest BCUT2D eigenvalue weighted by Crippen LogP contribution is -2.12. The molecular formula is C18H23ClN2OS. The van der Waals surface area contributed by atoms with E-state index in [4.69, 9.17) is 11.6 Å². The van der Waals surface area contributed by atoms with Crippen LogP contribution in [0.1, 0.15) is 44.4 Å². The fourth-order valence-electron chi connectivity index (χ4n) is 2.07. The van der Waals surface area contributed by atoms with Gasteiger partial charge < -0.3 is 5.32 Å². The van der Waals surface area contributed by atoms with Crippen molar-refractivity contribution in [3.8, 4) is 0 Å². The van der Waals surface area contributed by atoms with Gasteiger partial charge in [-0.1, -0.05) is 51.4 Å². The van der Waals surface area contributed by atoms with Crippen LogP contribution in [-0.2, 0) is 4.79 Å². The summed E-state index contributed by atoms with van der Waals surface area (Å²) in [7, 11) is 0. The maximum absolute atomic E-state index is 11.7. The largest absolute Gasteiger partial charge is 0.316 e. The van der Waals surface area contributed by atoms with Crippen LogP contribution >= 0.6 is 22.9 Å². The second kappa shape index (κ2) is 9.48. The lowest BCUT2D eigenvalue weighted by atomic mass is 10.0. The maximum Gasteiger partial charge on any atom is 0.246 e. The molecule has 1 amide bonds. The Kier molecular flexibility index (Phi) is 8.00. The summed E-state index contributed by atoms with van der Waals surface area (Å²) in [4.78, 5) is 16.1. The van der Waals surface area contributed by atoms with Crippen molar-refractivity contribution in [2.45, 2.75) is 34.6 Å². The van der Waals surface area contributed by atoms with Crippen LogP contribution in [0.3, 0.4) is 0 Å². The van der Waals surface area contributed by atoms with Crippen molar-refractivity contribution in [2.75, 3.05) is 11.9 Å². The summed E-state index contributed by atoms with van der Waals surface area (Å²) in [5.41, 5.74) is 3.96. The van der Waals surface area contributed by atoms with E-state index in [1.165, 1.54) is 11.3 Å². The number of anilines is 1. The van der Waals surface area contributed by atoms with Gasteiger partial charge in [0.1, 0.15) is 11.5 Å². The van der Waals surface area contributed by atoms with Crippen LogP contribution in [0.5, 0.6) is 0 Å². The van der Waals surface area contributed by atoms with E-state index in [9.17, 15) is 4.79 Å². The number of aryl methyl sites for hydroxylation is 1. The number of fused-ring (bicyclic) bond motifs is 1. The van der Waals surface area contributed by atoms with E-state index in [0.717, 1.165) is 27.4 Å². The topological polar surface area (TPSA) is 41.5 Å². The van der Waals surface area contributed by atoms with E-state index in [2.05, 4.69) is 10.3 Å². The molecule has 0 bridgehead atoms. The predicted octanol–water partition coefficient (Wildman–Crippen LogP) is 5.55. The number of benzene rings is 1. The maximum atomic E-state index is 11.7. The number of aliphatic imine (C=N–C) groups is 1. The quantitative estimate of drug-likeness (QED) is 0.719. The summed E-state index contributed by atoms with van der Waals surface area (Å²) in [6.45, 7) is 10.2. The van der Waals surface area contributed by atoms with Gasteiger partial charge in [0.05, 0.1) is 5.71 Å². The van der Waals surface area contributed by atoms with Crippen molar-refractivity contribution in [2.24, 2.45) is 4.99 Å². The molecule has 1 N–H and O–H groups in total. The van der Waals surface area contributed by atoms with E-state index < -0.39 is 0 Å². The molecule has 0 unspecified atom stereocenters. The van der Waals surface area contributed by atoms with Crippen LogP contribution in [0.2, 0.25) is 5.02 Å². The molecule has 2 heterocycles. The molecule has 124 valence electrons. The number of hydrogen-bond acceptors (Lipinski definition) is 3. The van der Waals surface area contributed by atoms with Gasteiger partial charge in [0, 0.05) is 16.1 Å². The van der Waals surface area contributed by atoms with Crippen LogP contribution < -0.4 is 5.32 Å². The Hall–Kier alpha value is -1.65. The minimum atomic E-state index is -0.0768. The van der Waals surface area contributed by atoms with E-state index in [-0.39, 0.29) is 12.5 Å². The van der Waals surface area contributed by atoms with Gasteiger partial charge in [-0.2, -0.15) is 0 Å². The average molecular weight is 351 g/mol. The van der Waals surface area contributed by atoms with Crippen LogP contribution in [0.4, 0.5) is 5.00 Å². The normalized spacial score (nSPS) is 12.4. The Labute approximate surface area is 147 Å². The van der Waals surface area contributed by atoms with Crippen molar-refractivity contribution < 1.29 is 4.79 Å². The van der Waals surface area contributed by atoms with E-state index in [0.29, 0.717) is 5.02 Å². The number of hydrogen-bond donors (Lipinski definition) is 1. The highest BCUT2D eigenvalue weighted by Crippen LogP contribution is 2.32. The van der Waals surface area contributed by atoms with E-state index in [1.807, 2.05) is 64.3 Å². The molecule has 2 aromatic rings. The van der Waals surface area contributed by atoms with Crippen LogP contribution in [-0.4, -0.2) is 18.2 Å². The zero-order valence-electron chi connectivity index (χ0n) is 14.2. The molecule has 1 aliphatic rings. The molecular weight excluding hydrogens is 328 g/mol. The zero-order chi connectivity index (χ0) is 17.4. The number of nitrogens with zero attached hydrogens (tertiary/aromatic N) is 1. The Morgan fingerprint density at radius 2 is 1.74 bits per heavy atom. The molecule has 1 aromatic carbocycles. The molecule has 5 heteroatoms. The van der Waals surface area contributed by atoms with Gasteiger partial charge in [0.15, 0.2) is 0 Å². The number of thiophene rings is 1. The van der Waals surface area contributed by atoms with Gasteiger partial charge in [-0.3, -0.25) is 9.79 Å². The summed E-state index contributed by atoms with van der Waals surface area (Å²) < 4.78 is 0. The molecule has 0 radical (unpaired) electrons. The van der Waals surface area contributed by atoms with E-state index in [1.54, 1.807) is 0 Å². The number of amides is 1. The van der Waals surface area contributed by atoms with Crippen LogP contribution in [0.25, 0.3) is 0 Å². The molecule has 1 aliphatic heterocycles. The van der Waals surface area contributed by atoms with Crippen molar-refractivity contribution in [1.82, 2.24) is 0 Å². The molecule has 0 atom stereocenters. The van der Waals surface area contributed by atoms with Crippen LogP contribution in [0, 0.1) is 6.92 Å². The highest BCUT2D eigenvalue weighted by molar-refractivity contribution is 7.15. The Morgan fingerprint density at radius 3 is 2.35 bits per heavy atom. The average Bonchev–Trinajstić information content (AvgIpc) is 2.84. The SMILES string of the molecule is CC.CC.Cc1csc2c1C(c1ccc(Cl)cc1)=NCC(=O)N2. The van der Waals surface area contributed by atoms with E-state index >= 15 is 0 Å². The summed E-state index contributed by atoms with van der Waals surface area (Å²) in [6.07, 6.45) is 0. The van der Waals surface area contributed by atoms with Gasteiger partial charge in [-0.05, 0) is 30.0 Å². The van der Waals surface area contributed by atoms with Gasteiger partial charge in [0.25, 0.3) is 0 Å². The van der Waals surface area contributed by atoms with Gasteiger partial charge in [0.2, 0.25) is 5.91 Å². The summed E-state index contributed by atoms with van der Waals surface area (Å²) in [5.74, 6) is -0.0768. The smallest absolute Gasteiger partial charge is 0.246 e. The Bertz CT molecular complexity index is 675. The number of carbonyl (C=O) groups excluding carboxylic acids is 1. The van der Waals surface area contributed by atoms with Crippen molar-refractivity contribution >= 4 is 39.6 Å². The molecule has 0 fully saturated rings. The second-order valence-electron chi connectivity index (χ2n) is 4.34. The molecule has 0 saturated carbocycles. The minimum absolute atomic E-state index is 0.0768. The molecule has 1 aromatic heterocycles. The minimum Gasteiger partial charge on any atom is -0.316 e. The molecule has 3 rings (SSSR count). The summed E-state index contributed by atoms with van der Waals surface area (Å²) in [6, 6.07) is 7.53. The highest BCUT2D eigenvalue weighted by atomic mass is 35.5. The van der Waals surface area contributed by atoms with Crippen molar-refractivity contribution in [1.29, 1.82) is 0 Å². The second-order valence-corrected chi connectivity index (χ2v) is 5.66. The fraction of sp³-hybridized carbons (Fsp3) is 0.333. The number of nitrogens with one attached hydrogen (secondary N) is 1. The lowest BCUT2D eigenvalue weighted by molar-refractivity contribution is -0.114. The molecule has 0 saturated heterocycles. The first-order chi connectivity index (χ1) is 11.1. The Balaban J connectivity index is 0.000000615. The fourth-order valence-corrected chi connectivity index (χ4v) is 3.16. The number of carbonyl (C=O) groups is 1. The third-order valence-corrected chi connectivity index (χ3v) is 4.23. The Morgan fingerprint density at radius 1 is 1.13 bits per heavy atom. The number of rotatable bonds is 1. The highest BCUT2D eigenvalue weighted by Gasteiger charge is 2.21. The third kappa shape index (κ3) is 4.66. The first-order valence-corrected chi connectivity index (χ1v) is 9.09. The first-order valence-electron chi connectivity index (χ1n) is 7.84. The van der Waals surface area contributed by atoms with Gasteiger partial charge in [-0.25, -0.2) is 0 Å². The standard InChI is InChI=1S/C14H11ClN2OS.2C2H6/c1-8-7-19-14-12(8)13(16-6-11(18)17-14)9-2-4-10(15)5-3-9;2*1-2/h2-5,7H,6H2,1H3,(H,17,18);2*1-2H3. The molecule has 0 aliphatic carbocycles. The molecule has 3 nitrogen and oxygen atoms in total. The lowest BCUT2D eigenvalue weighted by Gasteiger charge is -2.07. The van der Waals surface area contributed by atoms with Crippen molar-refractivity contribution in [3.63, 3.8) is 0 Å². The monoisotopic (exact) mass is 350 g/mol. The summed E-state index contributed by atoms with van der Waals surface area (Å²) in [5, 5.41) is 6.48.